The number of hydrogen-bond donors (Lipinski definition) is 1. The molecular weight excluding hydrogens is 384 g/mol. The van der Waals surface area contributed by atoms with E-state index in [1.54, 1.807) is 31.4 Å². The van der Waals surface area contributed by atoms with Gasteiger partial charge in [-0.3, -0.25) is 14.5 Å². The van der Waals surface area contributed by atoms with Crippen molar-refractivity contribution < 1.29 is 18.7 Å². The van der Waals surface area contributed by atoms with Gasteiger partial charge in [0.25, 0.3) is 5.91 Å². The molecule has 156 valence electrons. The summed E-state index contributed by atoms with van der Waals surface area (Å²) in [6.45, 7) is 3.23. The van der Waals surface area contributed by atoms with Crippen molar-refractivity contribution in [3.8, 4) is 5.75 Å². The van der Waals surface area contributed by atoms with Crippen LogP contribution >= 0.6 is 0 Å². The Labute approximate surface area is 174 Å². The van der Waals surface area contributed by atoms with Gasteiger partial charge in [0, 0.05) is 25.7 Å². The fraction of sp³-hybridized carbons (Fsp3) is 0.304. The molecule has 0 saturated carbocycles. The van der Waals surface area contributed by atoms with Crippen LogP contribution in [0.1, 0.15) is 22.2 Å². The molecule has 0 spiro atoms. The molecule has 1 amide bonds. The SMILES string of the molecule is COc1ccc([C@H](CNC(=O)c2cc(=O)c3ccccc3o2)N2CCOCC2)cc1. The molecule has 7 nitrogen and oxygen atoms in total. The molecule has 1 aliphatic heterocycles. The Kier molecular flexibility index (Phi) is 6.11. The third kappa shape index (κ3) is 4.37. The summed E-state index contributed by atoms with van der Waals surface area (Å²) in [4.78, 5) is 27.3. The van der Waals surface area contributed by atoms with E-state index < -0.39 is 5.91 Å². The third-order valence-electron chi connectivity index (χ3n) is 5.30. The van der Waals surface area contributed by atoms with Gasteiger partial charge in [-0.05, 0) is 29.8 Å². The number of amides is 1. The molecule has 1 fully saturated rings. The van der Waals surface area contributed by atoms with E-state index >= 15 is 0 Å². The number of methoxy groups -OCH3 is 1. The Morgan fingerprint density at radius 3 is 2.60 bits per heavy atom. The second-order valence-electron chi connectivity index (χ2n) is 7.12. The summed E-state index contributed by atoms with van der Waals surface area (Å²) in [7, 11) is 1.63. The van der Waals surface area contributed by atoms with Gasteiger partial charge in [-0.2, -0.15) is 0 Å². The molecule has 1 aliphatic rings. The molecule has 1 atom stereocenters. The van der Waals surface area contributed by atoms with Crippen molar-refractivity contribution in [3.63, 3.8) is 0 Å². The number of rotatable bonds is 6. The van der Waals surface area contributed by atoms with Crippen molar-refractivity contribution in [2.45, 2.75) is 6.04 Å². The summed E-state index contributed by atoms with van der Waals surface area (Å²) in [5.74, 6) is 0.375. The predicted molar refractivity (Wildman–Crippen MR) is 113 cm³/mol. The number of nitrogens with zero attached hydrogens (tertiary/aromatic N) is 1. The molecule has 0 radical (unpaired) electrons. The van der Waals surface area contributed by atoms with Crippen molar-refractivity contribution in [3.05, 3.63) is 76.1 Å². The molecule has 1 N–H and O–H groups in total. The van der Waals surface area contributed by atoms with Crippen molar-refractivity contribution in [2.75, 3.05) is 40.0 Å². The highest BCUT2D eigenvalue weighted by atomic mass is 16.5. The Morgan fingerprint density at radius 1 is 1.13 bits per heavy atom. The molecule has 4 rings (SSSR count). The van der Waals surface area contributed by atoms with Crippen molar-refractivity contribution in [1.82, 2.24) is 10.2 Å². The molecule has 30 heavy (non-hydrogen) atoms. The number of ether oxygens (including phenoxy) is 2. The van der Waals surface area contributed by atoms with Gasteiger partial charge in [-0.1, -0.05) is 24.3 Å². The van der Waals surface area contributed by atoms with Crippen molar-refractivity contribution >= 4 is 16.9 Å². The zero-order valence-electron chi connectivity index (χ0n) is 16.8. The molecule has 3 aromatic rings. The largest absolute Gasteiger partial charge is 0.497 e. The third-order valence-corrected chi connectivity index (χ3v) is 5.30. The van der Waals surface area contributed by atoms with Gasteiger partial charge in [-0.15, -0.1) is 0 Å². The molecule has 1 aromatic heterocycles. The van der Waals surface area contributed by atoms with E-state index in [4.69, 9.17) is 13.9 Å². The molecule has 0 bridgehead atoms. The minimum absolute atomic E-state index is 0.00848. The summed E-state index contributed by atoms with van der Waals surface area (Å²) in [6.07, 6.45) is 0. The van der Waals surface area contributed by atoms with E-state index in [-0.39, 0.29) is 17.2 Å². The Balaban J connectivity index is 1.54. The van der Waals surface area contributed by atoms with Crippen LogP contribution in [0, 0.1) is 0 Å². The summed E-state index contributed by atoms with van der Waals surface area (Å²) < 4.78 is 16.4. The Morgan fingerprint density at radius 2 is 1.87 bits per heavy atom. The van der Waals surface area contributed by atoms with Crippen molar-refractivity contribution in [2.24, 2.45) is 0 Å². The van der Waals surface area contributed by atoms with Gasteiger partial charge in [-0.25, -0.2) is 0 Å². The maximum atomic E-state index is 12.8. The number of hydrogen-bond acceptors (Lipinski definition) is 6. The van der Waals surface area contributed by atoms with Gasteiger partial charge < -0.3 is 19.2 Å². The van der Waals surface area contributed by atoms with E-state index in [1.807, 2.05) is 24.3 Å². The zero-order valence-corrected chi connectivity index (χ0v) is 16.8. The molecule has 0 aliphatic carbocycles. The molecule has 2 aromatic carbocycles. The van der Waals surface area contributed by atoms with Crippen LogP contribution in [0.4, 0.5) is 0 Å². The Bertz CT molecular complexity index is 1070. The van der Waals surface area contributed by atoms with Crippen LogP contribution in [0.5, 0.6) is 5.75 Å². The number of carbonyl (C=O) groups excluding carboxylic acids is 1. The molecule has 2 heterocycles. The number of para-hydroxylation sites is 1. The smallest absolute Gasteiger partial charge is 0.287 e. The second-order valence-corrected chi connectivity index (χ2v) is 7.12. The molecule has 0 unspecified atom stereocenters. The zero-order chi connectivity index (χ0) is 20.9. The highest BCUT2D eigenvalue weighted by Gasteiger charge is 2.24. The monoisotopic (exact) mass is 408 g/mol. The minimum Gasteiger partial charge on any atom is -0.497 e. The topological polar surface area (TPSA) is 81.0 Å². The number of nitrogens with one attached hydrogen (secondary N) is 1. The first-order valence-corrected chi connectivity index (χ1v) is 9.92. The lowest BCUT2D eigenvalue weighted by Gasteiger charge is -2.35. The fourth-order valence-electron chi connectivity index (χ4n) is 3.67. The van der Waals surface area contributed by atoms with Gasteiger partial charge in [0.2, 0.25) is 0 Å². The molecule has 1 saturated heterocycles. The first-order valence-electron chi connectivity index (χ1n) is 9.92. The number of carbonyl (C=O) groups is 1. The van der Waals surface area contributed by atoms with Crippen molar-refractivity contribution in [1.29, 1.82) is 0 Å². The quantitative estimate of drug-likeness (QED) is 0.675. The highest BCUT2D eigenvalue weighted by molar-refractivity contribution is 5.93. The predicted octanol–water partition coefficient (Wildman–Crippen LogP) is 2.60. The normalized spacial score (nSPS) is 15.6. The van der Waals surface area contributed by atoms with E-state index in [0.29, 0.717) is 30.7 Å². The van der Waals surface area contributed by atoms with Gasteiger partial charge >= 0.3 is 0 Å². The Hall–Kier alpha value is -3.16. The first kappa shape index (κ1) is 20.1. The maximum absolute atomic E-state index is 12.8. The second kappa shape index (κ2) is 9.11. The minimum atomic E-state index is -0.412. The van der Waals surface area contributed by atoms with Crippen LogP contribution in [0.2, 0.25) is 0 Å². The van der Waals surface area contributed by atoms with Crippen LogP contribution in [0.3, 0.4) is 0 Å². The lowest BCUT2D eigenvalue weighted by molar-refractivity contribution is 0.0161. The summed E-state index contributed by atoms with van der Waals surface area (Å²) >= 11 is 0. The van der Waals surface area contributed by atoms with E-state index in [2.05, 4.69) is 10.2 Å². The lowest BCUT2D eigenvalue weighted by Crippen LogP contribution is -2.43. The summed E-state index contributed by atoms with van der Waals surface area (Å²) in [6, 6.07) is 15.9. The average Bonchev–Trinajstić information content (AvgIpc) is 2.80. The maximum Gasteiger partial charge on any atom is 0.287 e. The van der Waals surface area contributed by atoms with E-state index in [9.17, 15) is 9.59 Å². The number of morpholine rings is 1. The van der Waals surface area contributed by atoms with Gasteiger partial charge in [0.1, 0.15) is 11.3 Å². The van der Waals surface area contributed by atoms with E-state index in [0.717, 1.165) is 24.4 Å². The van der Waals surface area contributed by atoms with Crippen LogP contribution < -0.4 is 15.5 Å². The van der Waals surface area contributed by atoms with Crippen LogP contribution in [-0.2, 0) is 4.74 Å². The van der Waals surface area contributed by atoms with Gasteiger partial charge in [0.05, 0.1) is 31.8 Å². The van der Waals surface area contributed by atoms with Crippen LogP contribution in [-0.4, -0.2) is 50.8 Å². The van der Waals surface area contributed by atoms with E-state index in [1.165, 1.54) is 6.07 Å². The van der Waals surface area contributed by atoms with Gasteiger partial charge in [0.15, 0.2) is 11.2 Å². The van der Waals surface area contributed by atoms with Crippen LogP contribution in [0.25, 0.3) is 11.0 Å². The average molecular weight is 408 g/mol. The van der Waals surface area contributed by atoms with Crippen LogP contribution in [0.15, 0.2) is 63.8 Å². The fourth-order valence-corrected chi connectivity index (χ4v) is 3.67. The number of fused-ring (bicyclic) bond motifs is 1. The first-order chi connectivity index (χ1) is 14.7. The molecular formula is C23H24N2O5. The molecule has 7 heteroatoms. The summed E-state index contributed by atoms with van der Waals surface area (Å²) in [5, 5.41) is 3.39. The standard InChI is InChI=1S/C23H24N2O5/c1-28-17-8-6-16(7-9-17)19(25-10-12-29-13-11-25)15-24-23(27)22-14-20(26)18-4-2-3-5-21(18)30-22/h2-9,14,19H,10-13,15H2,1H3,(H,24,27)/t19-/m0/s1. The number of benzene rings is 2. The lowest BCUT2D eigenvalue weighted by atomic mass is 10.0. The highest BCUT2D eigenvalue weighted by Crippen LogP contribution is 2.24. The summed E-state index contributed by atoms with van der Waals surface area (Å²) in [5.41, 5.74) is 1.23.